The van der Waals surface area contributed by atoms with Gasteiger partial charge in [0.25, 0.3) is 10.0 Å². The molecule has 6 rings (SSSR count). The predicted octanol–water partition coefficient (Wildman–Crippen LogP) is 3.55. The van der Waals surface area contributed by atoms with Crippen molar-refractivity contribution in [1.29, 1.82) is 0 Å². The van der Waals surface area contributed by atoms with Crippen LogP contribution >= 0.6 is 0 Å². The summed E-state index contributed by atoms with van der Waals surface area (Å²) in [6, 6.07) is 12.9. The van der Waals surface area contributed by atoms with E-state index in [1.54, 1.807) is 49.9 Å². The monoisotopic (exact) mass is 569 g/mol. The van der Waals surface area contributed by atoms with E-state index in [0.29, 0.717) is 22.2 Å². The largest absolute Gasteiger partial charge is 0.358 e. The molecule has 0 saturated heterocycles. The SMILES string of the molecule is CNC(=O)Cn1cc(-c2cn(S(=O)(=O)c3ccc(C)cc3)c3nnc(-c4cc(C)c5c(c4)CN(C)CC5)cc23)cn1. The van der Waals surface area contributed by atoms with Crippen LogP contribution in [0, 0.1) is 13.8 Å². The Labute approximate surface area is 238 Å². The average Bonchev–Trinajstić information content (AvgIpc) is 3.57. The average molecular weight is 570 g/mol. The lowest BCUT2D eigenvalue weighted by Crippen LogP contribution is -2.27. The quantitative estimate of drug-likeness (QED) is 0.333. The van der Waals surface area contributed by atoms with E-state index in [9.17, 15) is 13.2 Å². The van der Waals surface area contributed by atoms with Crippen LogP contribution in [0.15, 0.2) is 66.0 Å². The molecular weight excluding hydrogens is 538 g/mol. The van der Waals surface area contributed by atoms with Gasteiger partial charge in [0.1, 0.15) is 6.54 Å². The molecule has 1 aliphatic heterocycles. The molecule has 0 bridgehead atoms. The highest BCUT2D eigenvalue weighted by atomic mass is 32.2. The standard InChI is InChI=1S/C30H31N7O3S/c1-19-5-7-24(8-6-19)41(39,40)37-17-27(23-14-32-36(16-23)18-29(38)31-3)26-13-28(33-34-30(26)37)21-11-20(2)25-9-10-35(4)15-22(25)12-21/h5-8,11-14,16-17H,9-10,15,18H2,1-4H3,(H,31,38). The van der Waals surface area contributed by atoms with E-state index in [1.807, 2.05) is 13.0 Å². The minimum Gasteiger partial charge on any atom is -0.358 e. The van der Waals surface area contributed by atoms with Gasteiger partial charge in [0.2, 0.25) is 5.91 Å². The van der Waals surface area contributed by atoms with E-state index >= 15 is 0 Å². The number of nitrogens with one attached hydrogen (secondary N) is 1. The van der Waals surface area contributed by atoms with Crippen molar-refractivity contribution in [3.05, 3.63) is 83.3 Å². The minimum absolute atomic E-state index is 0.0463. The van der Waals surface area contributed by atoms with Gasteiger partial charge in [-0.25, -0.2) is 12.4 Å². The number of nitrogens with zero attached hydrogens (tertiary/aromatic N) is 6. The van der Waals surface area contributed by atoms with E-state index in [4.69, 9.17) is 0 Å². The van der Waals surface area contributed by atoms with Crippen molar-refractivity contribution < 1.29 is 13.2 Å². The van der Waals surface area contributed by atoms with E-state index < -0.39 is 10.0 Å². The Morgan fingerprint density at radius 3 is 2.56 bits per heavy atom. The van der Waals surface area contributed by atoms with Crippen molar-refractivity contribution in [2.75, 3.05) is 20.6 Å². The van der Waals surface area contributed by atoms with Gasteiger partial charge >= 0.3 is 0 Å². The number of likely N-dealkylation sites (N-methyl/N-ethyl adjacent to an activating group) is 2. The molecule has 210 valence electrons. The molecule has 1 N–H and O–H groups in total. The fourth-order valence-electron chi connectivity index (χ4n) is 5.40. The highest BCUT2D eigenvalue weighted by molar-refractivity contribution is 7.90. The molecule has 0 unspecified atom stereocenters. The van der Waals surface area contributed by atoms with Gasteiger partial charge in [-0.1, -0.05) is 17.7 Å². The normalized spacial score (nSPS) is 13.9. The number of carbonyl (C=O) groups excluding carboxylic acids is 1. The zero-order chi connectivity index (χ0) is 28.9. The molecule has 1 amide bonds. The summed E-state index contributed by atoms with van der Waals surface area (Å²) < 4.78 is 30.3. The third kappa shape index (κ3) is 4.91. The van der Waals surface area contributed by atoms with Crippen LogP contribution in [0.3, 0.4) is 0 Å². The maximum atomic E-state index is 13.8. The molecule has 5 aromatic rings. The highest BCUT2D eigenvalue weighted by Gasteiger charge is 2.25. The molecule has 41 heavy (non-hydrogen) atoms. The van der Waals surface area contributed by atoms with Gasteiger partial charge in [0.05, 0.1) is 16.8 Å². The topological polar surface area (TPSA) is 115 Å². The van der Waals surface area contributed by atoms with Crippen molar-refractivity contribution in [1.82, 2.24) is 34.2 Å². The van der Waals surface area contributed by atoms with Crippen LogP contribution < -0.4 is 5.32 Å². The van der Waals surface area contributed by atoms with Crippen LogP contribution in [0.25, 0.3) is 33.4 Å². The van der Waals surface area contributed by atoms with Crippen molar-refractivity contribution >= 4 is 27.0 Å². The fourth-order valence-corrected chi connectivity index (χ4v) is 6.71. The van der Waals surface area contributed by atoms with Gasteiger partial charge in [-0.3, -0.25) is 9.48 Å². The first-order valence-electron chi connectivity index (χ1n) is 13.4. The van der Waals surface area contributed by atoms with Crippen LogP contribution in [-0.2, 0) is 34.3 Å². The van der Waals surface area contributed by atoms with Crippen LogP contribution in [0.1, 0.15) is 22.3 Å². The molecule has 0 spiro atoms. The number of hydrogen-bond donors (Lipinski definition) is 1. The number of benzene rings is 2. The number of hydrogen-bond acceptors (Lipinski definition) is 7. The van der Waals surface area contributed by atoms with Gasteiger partial charge in [-0.2, -0.15) is 5.10 Å². The molecule has 0 fully saturated rings. The molecule has 0 saturated carbocycles. The molecule has 0 aliphatic carbocycles. The summed E-state index contributed by atoms with van der Waals surface area (Å²) in [7, 11) is -0.289. The lowest BCUT2D eigenvalue weighted by atomic mass is 9.92. The molecule has 2 aromatic carbocycles. The molecule has 10 nitrogen and oxygen atoms in total. The summed E-state index contributed by atoms with van der Waals surface area (Å²) in [5.74, 6) is -0.189. The summed E-state index contributed by atoms with van der Waals surface area (Å²) in [6.45, 7) is 5.96. The second-order valence-electron chi connectivity index (χ2n) is 10.6. The van der Waals surface area contributed by atoms with Crippen LogP contribution in [0.5, 0.6) is 0 Å². The Kier molecular flexibility index (Phi) is 6.71. The molecular formula is C30H31N7O3S. The summed E-state index contributed by atoms with van der Waals surface area (Å²) in [4.78, 5) is 14.4. The summed E-state index contributed by atoms with van der Waals surface area (Å²) in [6.07, 6.45) is 5.92. The van der Waals surface area contributed by atoms with Crippen LogP contribution in [-0.4, -0.2) is 63.8 Å². The van der Waals surface area contributed by atoms with Gasteiger partial charge in [-0.15, -0.1) is 10.2 Å². The molecule has 0 atom stereocenters. The third-order valence-electron chi connectivity index (χ3n) is 7.67. The van der Waals surface area contributed by atoms with Gasteiger partial charge in [-0.05, 0) is 74.3 Å². The number of carbonyl (C=O) groups is 1. The fraction of sp³-hybridized carbons (Fsp3) is 0.267. The maximum Gasteiger partial charge on any atom is 0.269 e. The first kappa shape index (κ1) is 26.9. The van der Waals surface area contributed by atoms with Crippen molar-refractivity contribution in [3.8, 4) is 22.4 Å². The Morgan fingerprint density at radius 2 is 1.80 bits per heavy atom. The number of fused-ring (bicyclic) bond motifs is 2. The van der Waals surface area contributed by atoms with E-state index in [1.165, 1.54) is 25.3 Å². The Morgan fingerprint density at radius 1 is 1.02 bits per heavy atom. The number of amides is 1. The van der Waals surface area contributed by atoms with Crippen molar-refractivity contribution in [3.63, 3.8) is 0 Å². The number of aryl methyl sites for hydroxylation is 2. The Bertz CT molecular complexity index is 1910. The van der Waals surface area contributed by atoms with Gasteiger partial charge < -0.3 is 10.2 Å². The maximum absolute atomic E-state index is 13.8. The molecule has 3 aromatic heterocycles. The van der Waals surface area contributed by atoms with E-state index in [0.717, 1.165) is 30.6 Å². The van der Waals surface area contributed by atoms with Gasteiger partial charge in [0, 0.05) is 54.6 Å². The summed E-state index contributed by atoms with van der Waals surface area (Å²) >= 11 is 0. The molecule has 1 aliphatic rings. The van der Waals surface area contributed by atoms with E-state index in [2.05, 4.69) is 51.6 Å². The van der Waals surface area contributed by atoms with Gasteiger partial charge in [0.15, 0.2) is 5.65 Å². The van der Waals surface area contributed by atoms with Crippen molar-refractivity contribution in [2.45, 2.75) is 38.3 Å². The highest BCUT2D eigenvalue weighted by Crippen LogP contribution is 2.35. The molecule has 11 heteroatoms. The zero-order valence-electron chi connectivity index (χ0n) is 23.4. The van der Waals surface area contributed by atoms with E-state index in [-0.39, 0.29) is 23.0 Å². The molecule has 0 radical (unpaired) electrons. The Balaban J connectivity index is 1.52. The second-order valence-corrected chi connectivity index (χ2v) is 12.5. The lowest BCUT2D eigenvalue weighted by molar-refractivity contribution is -0.121. The predicted molar refractivity (Wildman–Crippen MR) is 157 cm³/mol. The van der Waals surface area contributed by atoms with Crippen LogP contribution in [0.4, 0.5) is 0 Å². The summed E-state index contributed by atoms with van der Waals surface area (Å²) in [5.41, 5.74) is 7.92. The first-order chi connectivity index (χ1) is 19.6. The number of rotatable bonds is 6. The zero-order valence-corrected chi connectivity index (χ0v) is 24.2. The smallest absolute Gasteiger partial charge is 0.269 e. The second kappa shape index (κ2) is 10.2. The molecule has 4 heterocycles. The Hall–Kier alpha value is -4.35. The third-order valence-corrected chi connectivity index (χ3v) is 9.34. The van der Waals surface area contributed by atoms with Crippen molar-refractivity contribution in [2.24, 2.45) is 0 Å². The first-order valence-corrected chi connectivity index (χ1v) is 14.8. The minimum atomic E-state index is -3.97. The lowest BCUT2D eigenvalue weighted by Gasteiger charge is -2.27. The summed E-state index contributed by atoms with van der Waals surface area (Å²) in [5, 5.41) is 16.5. The van der Waals surface area contributed by atoms with Crippen LogP contribution in [0.2, 0.25) is 0 Å². The number of aromatic nitrogens is 5.